The molecule has 7 heteroatoms. The monoisotopic (exact) mass is 311 g/mol. The number of carbonyl (C=O) groups excluding carboxylic acids is 1. The molecular formula is C16H17N5O2. The minimum absolute atomic E-state index is 0.0295. The Bertz CT molecular complexity index is 862. The molecule has 0 saturated carbocycles. The fraction of sp³-hybridized carbons (Fsp3) is 0.375. The fourth-order valence-electron chi connectivity index (χ4n) is 2.70. The van der Waals surface area contributed by atoms with E-state index in [0.29, 0.717) is 18.5 Å². The van der Waals surface area contributed by atoms with E-state index >= 15 is 0 Å². The molecule has 0 aliphatic carbocycles. The van der Waals surface area contributed by atoms with E-state index in [1.54, 1.807) is 9.36 Å². The van der Waals surface area contributed by atoms with Gasteiger partial charge in [0, 0.05) is 31.5 Å². The highest BCUT2D eigenvalue weighted by molar-refractivity contribution is 6.06. The van der Waals surface area contributed by atoms with Crippen LogP contribution in [0.3, 0.4) is 0 Å². The summed E-state index contributed by atoms with van der Waals surface area (Å²) in [5.74, 6) is 0.0295. The largest absolute Gasteiger partial charge is 0.371 e. The van der Waals surface area contributed by atoms with Crippen molar-refractivity contribution in [1.82, 2.24) is 24.8 Å². The molecule has 0 amide bonds. The van der Waals surface area contributed by atoms with Gasteiger partial charge in [0.25, 0.3) is 0 Å². The van der Waals surface area contributed by atoms with Crippen LogP contribution in [0, 0.1) is 0 Å². The number of ether oxygens (including phenoxy) is 1. The Morgan fingerprint density at radius 3 is 3.04 bits per heavy atom. The van der Waals surface area contributed by atoms with Crippen molar-refractivity contribution in [1.29, 1.82) is 0 Å². The summed E-state index contributed by atoms with van der Waals surface area (Å²) in [6.45, 7) is 1.52. The van der Waals surface area contributed by atoms with Crippen LogP contribution in [-0.4, -0.2) is 43.3 Å². The van der Waals surface area contributed by atoms with Gasteiger partial charge >= 0.3 is 0 Å². The van der Waals surface area contributed by atoms with E-state index in [0.717, 1.165) is 29.7 Å². The first-order valence-corrected chi connectivity index (χ1v) is 7.66. The van der Waals surface area contributed by atoms with E-state index in [9.17, 15) is 4.79 Å². The van der Waals surface area contributed by atoms with Crippen LogP contribution in [0.25, 0.3) is 10.9 Å². The van der Waals surface area contributed by atoms with E-state index in [4.69, 9.17) is 4.74 Å². The molecule has 1 atom stereocenters. The zero-order valence-electron chi connectivity index (χ0n) is 12.8. The quantitative estimate of drug-likeness (QED) is 0.507. The smallest absolute Gasteiger partial charge is 0.184 e. The predicted octanol–water partition coefficient (Wildman–Crippen LogP) is 1.38. The lowest BCUT2D eigenvalue weighted by molar-refractivity contribution is 0.0978. The third-order valence-electron chi connectivity index (χ3n) is 4.01. The molecule has 23 heavy (non-hydrogen) atoms. The van der Waals surface area contributed by atoms with Gasteiger partial charge in [0.2, 0.25) is 0 Å². The van der Waals surface area contributed by atoms with Crippen molar-refractivity contribution in [3.8, 4) is 0 Å². The van der Waals surface area contributed by atoms with E-state index in [1.165, 1.54) is 0 Å². The fourth-order valence-corrected chi connectivity index (χ4v) is 2.70. The van der Waals surface area contributed by atoms with Crippen molar-refractivity contribution in [3.05, 3.63) is 41.9 Å². The van der Waals surface area contributed by atoms with Gasteiger partial charge in [0.05, 0.1) is 24.4 Å². The third-order valence-corrected chi connectivity index (χ3v) is 4.01. The van der Waals surface area contributed by atoms with Crippen molar-refractivity contribution in [2.45, 2.75) is 25.5 Å². The minimum atomic E-state index is 0.0295. The van der Waals surface area contributed by atoms with Crippen LogP contribution in [0.2, 0.25) is 0 Å². The lowest BCUT2D eigenvalue weighted by Gasteiger charge is -1.96. The predicted molar refractivity (Wildman–Crippen MR) is 83.1 cm³/mol. The normalized spacial score (nSPS) is 16.8. The molecule has 1 aliphatic heterocycles. The number of aromatic nitrogens is 5. The molecule has 0 N–H and O–H groups in total. The number of ketones is 1. The molecule has 0 spiro atoms. The molecule has 118 valence electrons. The molecule has 0 unspecified atom stereocenters. The van der Waals surface area contributed by atoms with Gasteiger partial charge in [-0.1, -0.05) is 23.4 Å². The van der Waals surface area contributed by atoms with Gasteiger partial charge in [-0.05, 0) is 6.07 Å². The van der Waals surface area contributed by atoms with Crippen molar-refractivity contribution >= 4 is 16.7 Å². The van der Waals surface area contributed by atoms with E-state index in [2.05, 4.69) is 15.4 Å². The maximum atomic E-state index is 12.5. The van der Waals surface area contributed by atoms with Crippen molar-refractivity contribution < 1.29 is 9.53 Å². The molecule has 3 heterocycles. The second-order valence-electron chi connectivity index (χ2n) is 5.80. The zero-order chi connectivity index (χ0) is 15.8. The summed E-state index contributed by atoms with van der Waals surface area (Å²) in [4.78, 5) is 12.5. The van der Waals surface area contributed by atoms with Crippen LogP contribution in [-0.2, 0) is 24.8 Å². The van der Waals surface area contributed by atoms with Crippen LogP contribution >= 0.6 is 0 Å². The van der Waals surface area contributed by atoms with E-state index in [1.807, 2.05) is 37.5 Å². The molecule has 3 aromatic rings. The Morgan fingerprint density at radius 1 is 1.39 bits per heavy atom. The molecular weight excluding hydrogens is 294 g/mol. The Hall–Kier alpha value is -2.54. The summed E-state index contributed by atoms with van der Waals surface area (Å²) in [6.07, 6.45) is 3.09. The van der Waals surface area contributed by atoms with Gasteiger partial charge in [0.1, 0.15) is 11.8 Å². The van der Waals surface area contributed by atoms with Crippen LogP contribution in [0.1, 0.15) is 22.6 Å². The van der Waals surface area contributed by atoms with Gasteiger partial charge in [-0.15, -0.1) is 5.10 Å². The summed E-state index contributed by atoms with van der Waals surface area (Å²) >= 11 is 0. The van der Waals surface area contributed by atoms with Gasteiger partial charge in [0.15, 0.2) is 5.78 Å². The maximum absolute atomic E-state index is 12.5. The van der Waals surface area contributed by atoms with Crippen LogP contribution in [0.15, 0.2) is 30.5 Å². The summed E-state index contributed by atoms with van der Waals surface area (Å²) in [7, 11) is 1.85. The zero-order valence-corrected chi connectivity index (χ0v) is 12.8. The lowest BCUT2D eigenvalue weighted by atomic mass is 10.1. The number of fused-ring (bicyclic) bond motifs is 1. The second-order valence-corrected chi connectivity index (χ2v) is 5.80. The molecule has 0 bridgehead atoms. The Morgan fingerprint density at radius 2 is 2.22 bits per heavy atom. The number of epoxide rings is 1. The summed E-state index contributed by atoms with van der Waals surface area (Å²) in [5.41, 5.74) is 2.31. The first kappa shape index (κ1) is 14.1. The van der Waals surface area contributed by atoms with Crippen LogP contribution in [0.5, 0.6) is 0 Å². The lowest BCUT2D eigenvalue weighted by Crippen LogP contribution is -2.04. The average molecular weight is 311 g/mol. The topological polar surface area (TPSA) is 78.1 Å². The van der Waals surface area contributed by atoms with Gasteiger partial charge in [-0.25, -0.2) is 4.68 Å². The van der Waals surface area contributed by atoms with Crippen molar-refractivity contribution in [2.75, 3.05) is 6.61 Å². The highest BCUT2D eigenvalue weighted by Gasteiger charge is 2.23. The van der Waals surface area contributed by atoms with Crippen LogP contribution in [0.4, 0.5) is 0 Å². The summed E-state index contributed by atoms with van der Waals surface area (Å²) in [6, 6.07) is 7.76. The number of hydrogen-bond acceptors (Lipinski definition) is 5. The molecule has 1 aliphatic rings. The molecule has 1 fully saturated rings. The highest BCUT2D eigenvalue weighted by atomic mass is 16.6. The van der Waals surface area contributed by atoms with Crippen LogP contribution < -0.4 is 0 Å². The number of aryl methyl sites for hydroxylation is 2. The molecule has 2 aromatic heterocycles. The molecule has 4 rings (SSSR count). The molecule has 1 aromatic carbocycles. The molecule has 1 saturated heterocycles. The first-order chi connectivity index (χ1) is 11.2. The number of hydrogen-bond donors (Lipinski definition) is 0. The summed E-state index contributed by atoms with van der Waals surface area (Å²) in [5, 5.41) is 13.4. The molecule has 0 radical (unpaired) electrons. The van der Waals surface area contributed by atoms with Gasteiger partial charge in [-0.2, -0.15) is 5.10 Å². The van der Waals surface area contributed by atoms with Gasteiger partial charge in [-0.3, -0.25) is 9.48 Å². The number of rotatable bonds is 6. The number of benzene rings is 1. The third kappa shape index (κ3) is 2.87. The average Bonchev–Trinajstić information content (AvgIpc) is 3.15. The first-order valence-electron chi connectivity index (χ1n) is 7.66. The van der Waals surface area contributed by atoms with E-state index < -0.39 is 0 Å². The minimum Gasteiger partial charge on any atom is -0.371 e. The van der Waals surface area contributed by atoms with Crippen molar-refractivity contribution in [2.24, 2.45) is 7.05 Å². The summed E-state index contributed by atoms with van der Waals surface area (Å²) < 4.78 is 8.68. The molecule has 7 nitrogen and oxygen atoms in total. The number of nitrogens with zero attached hydrogens (tertiary/aromatic N) is 5. The highest BCUT2D eigenvalue weighted by Crippen LogP contribution is 2.19. The Kier molecular flexibility index (Phi) is 3.42. The number of carbonyl (C=O) groups is 1. The standard InChI is InChI=1S/C16H17N5O2/c1-20-14-5-3-2-4-13(14)16(18-20)15(22)7-6-11-8-21(19-17-11)9-12-10-23-12/h2-5,8,12H,6-7,9-10H2,1H3/t12-/m0/s1. The Balaban J connectivity index is 1.45. The van der Waals surface area contributed by atoms with Gasteiger partial charge < -0.3 is 4.74 Å². The Labute approximate surface area is 132 Å². The van der Waals surface area contributed by atoms with Crippen molar-refractivity contribution in [3.63, 3.8) is 0 Å². The SMILES string of the molecule is Cn1nc(C(=O)CCc2cn(C[C@H]3CO3)nn2)c2ccccc21. The second kappa shape index (κ2) is 5.58. The number of Topliss-reactive ketones (excluding diaryl/α,β-unsaturated/α-hetero) is 1. The van der Waals surface area contributed by atoms with E-state index in [-0.39, 0.29) is 11.9 Å². The number of para-hydroxylation sites is 1. The maximum Gasteiger partial charge on any atom is 0.184 e.